The van der Waals surface area contributed by atoms with Gasteiger partial charge in [-0.1, -0.05) is 19.8 Å². The predicted octanol–water partition coefficient (Wildman–Crippen LogP) is 1.38. The minimum absolute atomic E-state index is 0.164. The van der Waals surface area contributed by atoms with Crippen molar-refractivity contribution in [2.24, 2.45) is 0 Å². The van der Waals surface area contributed by atoms with E-state index in [4.69, 9.17) is 9.39 Å². The van der Waals surface area contributed by atoms with Crippen LogP contribution in [-0.2, 0) is 14.2 Å². The molecule has 0 aliphatic carbocycles. The number of esters is 1. The van der Waals surface area contributed by atoms with Crippen LogP contribution in [-0.4, -0.2) is 30.8 Å². The fourth-order valence-electron chi connectivity index (χ4n) is 1.60. The van der Waals surface area contributed by atoms with Gasteiger partial charge >= 0.3 is 13.1 Å². The van der Waals surface area contributed by atoms with Gasteiger partial charge in [0.15, 0.2) is 0 Å². The van der Waals surface area contributed by atoms with Crippen LogP contribution >= 0.6 is 0 Å². The summed E-state index contributed by atoms with van der Waals surface area (Å²) in [7, 11) is -0.702. The van der Waals surface area contributed by atoms with Crippen LogP contribution in [0.15, 0.2) is 0 Å². The monoisotopic (exact) mass is 214 g/mol. The number of carbonyl (C=O) groups excluding carboxylic acids is 1. The molecular weight excluding hydrogens is 195 g/mol. The third kappa shape index (κ3) is 5.18. The molecule has 0 aromatic heterocycles. The Morgan fingerprint density at radius 1 is 1.67 bits per heavy atom. The van der Waals surface area contributed by atoms with E-state index in [-0.39, 0.29) is 18.5 Å². The Labute approximate surface area is 91.1 Å². The number of unbranched alkanes of at least 4 members (excludes halogenated alkanes) is 1. The first kappa shape index (κ1) is 12.5. The summed E-state index contributed by atoms with van der Waals surface area (Å²) >= 11 is 0. The van der Waals surface area contributed by atoms with Crippen LogP contribution in [0.4, 0.5) is 0 Å². The molecule has 1 heterocycles. The van der Waals surface area contributed by atoms with E-state index in [1.165, 1.54) is 0 Å². The zero-order valence-corrected chi connectivity index (χ0v) is 9.28. The van der Waals surface area contributed by atoms with Gasteiger partial charge in [-0.2, -0.15) is 0 Å². The van der Waals surface area contributed by atoms with E-state index in [0.717, 1.165) is 25.7 Å². The van der Waals surface area contributed by atoms with Crippen LogP contribution < -0.4 is 0 Å². The maximum atomic E-state index is 11.3. The van der Waals surface area contributed by atoms with Crippen molar-refractivity contribution in [3.05, 3.63) is 0 Å². The van der Waals surface area contributed by atoms with Crippen molar-refractivity contribution in [1.29, 1.82) is 0 Å². The van der Waals surface area contributed by atoms with E-state index in [1.54, 1.807) is 0 Å². The molecule has 0 spiro atoms. The van der Waals surface area contributed by atoms with Crippen molar-refractivity contribution in [3.8, 4) is 0 Å². The Kier molecular flexibility index (Phi) is 5.72. The SMILES string of the molecule is CCCCOC(=O)CC1CCCB(O)O1. The smallest absolute Gasteiger partial charge is 0.454 e. The number of hydrogen-bond donors (Lipinski definition) is 1. The molecule has 0 aromatic carbocycles. The number of rotatable bonds is 5. The molecule has 1 rings (SSSR count). The van der Waals surface area contributed by atoms with E-state index < -0.39 is 7.12 Å². The van der Waals surface area contributed by atoms with Gasteiger partial charge in [-0.15, -0.1) is 0 Å². The number of hydrogen-bond acceptors (Lipinski definition) is 4. The lowest BCUT2D eigenvalue weighted by Crippen LogP contribution is -2.32. The Balaban J connectivity index is 2.13. The summed E-state index contributed by atoms with van der Waals surface area (Å²) in [5.74, 6) is -0.220. The molecule has 0 radical (unpaired) electrons. The van der Waals surface area contributed by atoms with E-state index in [2.05, 4.69) is 6.92 Å². The van der Waals surface area contributed by atoms with Crippen LogP contribution in [0.5, 0.6) is 0 Å². The van der Waals surface area contributed by atoms with E-state index in [0.29, 0.717) is 12.9 Å². The predicted molar refractivity (Wildman–Crippen MR) is 57.4 cm³/mol. The summed E-state index contributed by atoms with van der Waals surface area (Å²) in [5, 5.41) is 9.23. The van der Waals surface area contributed by atoms with Crippen LogP contribution in [0.1, 0.15) is 39.0 Å². The largest absolute Gasteiger partial charge is 0.466 e. The molecule has 0 saturated carbocycles. The second kappa shape index (κ2) is 6.85. The quantitative estimate of drug-likeness (QED) is 0.426. The molecule has 1 aliphatic rings. The van der Waals surface area contributed by atoms with Crippen molar-refractivity contribution in [2.45, 2.75) is 51.5 Å². The van der Waals surface area contributed by atoms with E-state index in [1.807, 2.05) is 0 Å². The van der Waals surface area contributed by atoms with Gasteiger partial charge in [0, 0.05) is 0 Å². The maximum absolute atomic E-state index is 11.3. The third-order valence-electron chi connectivity index (χ3n) is 2.48. The van der Waals surface area contributed by atoms with Crippen LogP contribution in [0.25, 0.3) is 0 Å². The summed E-state index contributed by atoms with van der Waals surface area (Å²) in [6.07, 6.45) is 4.44. The van der Waals surface area contributed by atoms with E-state index >= 15 is 0 Å². The highest BCUT2D eigenvalue weighted by Crippen LogP contribution is 2.18. The summed E-state index contributed by atoms with van der Waals surface area (Å²) < 4.78 is 10.2. The van der Waals surface area contributed by atoms with Gasteiger partial charge in [0.05, 0.1) is 19.1 Å². The lowest BCUT2D eigenvalue weighted by atomic mass is 9.78. The first-order valence-electron chi connectivity index (χ1n) is 5.71. The zero-order chi connectivity index (χ0) is 11.1. The fraction of sp³-hybridized carbons (Fsp3) is 0.900. The van der Waals surface area contributed by atoms with Crippen molar-refractivity contribution < 1.29 is 19.2 Å². The van der Waals surface area contributed by atoms with Crippen molar-refractivity contribution in [1.82, 2.24) is 0 Å². The zero-order valence-electron chi connectivity index (χ0n) is 9.28. The molecule has 0 amide bonds. The summed E-state index contributed by atoms with van der Waals surface area (Å²) in [6, 6.07) is 0. The maximum Gasteiger partial charge on any atom is 0.454 e. The van der Waals surface area contributed by atoms with E-state index in [9.17, 15) is 9.82 Å². The van der Waals surface area contributed by atoms with Gasteiger partial charge in [-0.3, -0.25) is 4.79 Å². The van der Waals surface area contributed by atoms with Gasteiger partial charge in [-0.25, -0.2) is 0 Å². The first-order valence-corrected chi connectivity index (χ1v) is 5.71. The third-order valence-corrected chi connectivity index (χ3v) is 2.48. The minimum Gasteiger partial charge on any atom is -0.466 e. The summed E-state index contributed by atoms with van der Waals surface area (Å²) in [5.41, 5.74) is 0. The number of carbonyl (C=O) groups is 1. The molecular formula is C10H19BO4. The Morgan fingerprint density at radius 2 is 2.47 bits per heavy atom. The van der Waals surface area contributed by atoms with Gasteiger partial charge in [0.2, 0.25) is 0 Å². The second-order valence-electron chi connectivity index (χ2n) is 3.92. The van der Waals surface area contributed by atoms with Crippen LogP contribution in [0.3, 0.4) is 0 Å². The molecule has 4 nitrogen and oxygen atoms in total. The Hall–Kier alpha value is -0.545. The molecule has 1 saturated heterocycles. The molecule has 0 aromatic rings. The van der Waals surface area contributed by atoms with Crippen molar-refractivity contribution >= 4 is 13.1 Å². The first-order chi connectivity index (χ1) is 7.22. The molecule has 1 N–H and O–H groups in total. The van der Waals surface area contributed by atoms with Gasteiger partial charge in [0.25, 0.3) is 0 Å². The molecule has 1 aliphatic heterocycles. The standard InChI is InChI=1S/C10H19BO4/c1-2-3-7-14-10(12)8-9-5-4-6-11(13)15-9/h9,13H,2-8H2,1H3. The molecule has 86 valence electrons. The minimum atomic E-state index is -0.702. The summed E-state index contributed by atoms with van der Waals surface area (Å²) in [4.78, 5) is 11.3. The average Bonchev–Trinajstić information content (AvgIpc) is 2.18. The van der Waals surface area contributed by atoms with Crippen molar-refractivity contribution in [2.75, 3.05) is 6.61 Å². The average molecular weight is 214 g/mol. The molecule has 1 atom stereocenters. The molecule has 0 bridgehead atoms. The number of ether oxygens (including phenoxy) is 1. The molecule has 1 fully saturated rings. The van der Waals surface area contributed by atoms with Gasteiger partial charge in [-0.05, 0) is 19.2 Å². The summed E-state index contributed by atoms with van der Waals surface area (Å²) in [6.45, 7) is 2.54. The molecule has 15 heavy (non-hydrogen) atoms. The lowest BCUT2D eigenvalue weighted by Gasteiger charge is -2.23. The normalized spacial score (nSPS) is 21.5. The topological polar surface area (TPSA) is 55.8 Å². The Morgan fingerprint density at radius 3 is 3.13 bits per heavy atom. The van der Waals surface area contributed by atoms with Crippen LogP contribution in [0.2, 0.25) is 6.32 Å². The van der Waals surface area contributed by atoms with Gasteiger partial charge in [0.1, 0.15) is 0 Å². The second-order valence-corrected chi connectivity index (χ2v) is 3.92. The Bertz CT molecular complexity index is 198. The fourth-order valence-corrected chi connectivity index (χ4v) is 1.60. The van der Waals surface area contributed by atoms with Gasteiger partial charge < -0.3 is 14.4 Å². The molecule has 1 unspecified atom stereocenters. The molecule has 5 heteroatoms. The highest BCUT2D eigenvalue weighted by Gasteiger charge is 2.26. The lowest BCUT2D eigenvalue weighted by molar-refractivity contribution is -0.146. The highest BCUT2D eigenvalue weighted by molar-refractivity contribution is 6.42. The van der Waals surface area contributed by atoms with Crippen molar-refractivity contribution in [3.63, 3.8) is 0 Å². The highest BCUT2D eigenvalue weighted by atomic mass is 16.5. The van der Waals surface area contributed by atoms with Crippen LogP contribution in [0, 0.1) is 0 Å².